The van der Waals surface area contributed by atoms with Crippen molar-refractivity contribution >= 4 is 35.4 Å². The van der Waals surface area contributed by atoms with Crippen LogP contribution in [-0.2, 0) is 16.0 Å². The van der Waals surface area contributed by atoms with Gasteiger partial charge in [-0.15, -0.1) is 0 Å². The van der Waals surface area contributed by atoms with Gasteiger partial charge in [-0.2, -0.15) is 0 Å². The van der Waals surface area contributed by atoms with Gasteiger partial charge in [0.05, 0.1) is 12.2 Å². The van der Waals surface area contributed by atoms with Crippen LogP contribution < -0.4 is 25.7 Å². The van der Waals surface area contributed by atoms with Crippen LogP contribution >= 0.6 is 0 Å². The first-order valence-corrected chi connectivity index (χ1v) is 17.1. The molecule has 3 rings (SSSR count). The minimum atomic E-state index is -0.989. The fourth-order valence-corrected chi connectivity index (χ4v) is 5.29. The van der Waals surface area contributed by atoms with Crippen molar-refractivity contribution in [2.24, 2.45) is 0 Å². The number of carbonyl (C=O) groups is 3. The van der Waals surface area contributed by atoms with E-state index in [0.29, 0.717) is 47.9 Å². The Morgan fingerprint density at radius 2 is 1.29 bits per heavy atom. The van der Waals surface area contributed by atoms with Gasteiger partial charge < -0.3 is 30.8 Å². The molecule has 0 amide bonds. The van der Waals surface area contributed by atoms with E-state index >= 15 is 0 Å². The third-order valence-electron chi connectivity index (χ3n) is 7.93. The van der Waals surface area contributed by atoms with E-state index in [1.807, 2.05) is 24.3 Å². The van der Waals surface area contributed by atoms with Crippen LogP contribution in [0.1, 0.15) is 112 Å². The summed E-state index contributed by atoms with van der Waals surface area (Å²) in [6, 6.07) is 17.1. The summed E-state index contributed by atoms with van der Waals surface area (Å²) in [7, 11) is 0. The van der Waals surface area contributed by atoms with Gasteiger partial charge in [0.15, 0.2) is 0 Å². The van der Waals surface area contributed by atoms with Gasteiger partial charge in [0, 0.05) is 23.9 Å². The number of nitrogen functional groups attached to an aromatic ring is 2. The van der Waals surface area contributed by atoms with E-state index in [2.05, 4.69) is 6.92 Å². The van der Waals surface area contributed by atoms with Gasteiger partial charge in [-0.1, -0.05) is 76.8 Å². The van der Waals surface area contributed by atoms with Crippen LogP contribution in [0, 0.1) is 0 Å². The quantitative estimate of drug-likeness (QED) is 0.0316. The molecule has 3 aromatic rings. The lowest BCUT2D eigenvalue weighted by molar-refractivity contribution is -0.134. The Kier molecular flexibility index (Phi) is 16.6. The molecule has 258 valence electrons. The number of hydrogen-bond acceptors (Lipinski definition) is 8. The summed E-state index contributed by atoms with van der Waals surface area (Å²) in [6.45, 7) is 2.74. The Hall–Kier alpha value is -4.79. The van der Waals surface area contributed by atoms with Crippen LogP contribution in [0.5, 0.6) is 17.2 Å². The van der Waals surface area contributed by atoms with Crippen molar-refractivity contribution in [3.63, 3.8) is 0 Å². The van der Waals surface area contributed by atoms with Crippen molar-refractivity contribution in [2.75, 3.05) is 18.1 Å². The van der Waals surface area contributed by atoms with Crippen molar-refractivity contribution in [1.29, 1.82) is 0 Å². The average molecular weight is 659 g/mol. The molecule has 0 aliphatic carbocycles. The molecule has 0 unspecified atom stereocenters. The Morgan fingerprint density at radius 1 is 0.708 bits per heavy atom. The second-order valence-electron chi connectivity index (χ2n) is 11.9. The van der Waals surface area contributed by atoms with Gasteiger partial charge in [0.1, 0.15) is 17.2 Å². The van der Waals surface area contributed by atoms with Crippen molar-refractivity contribution in [3.05, 3.63) is 83.4 Å². The highest BCUT2D eigenvalue weighted by Gasteiger charge is 2.14. The summed E-state index contributed by atoms with van der Waals surface area (Å²) in [5.41, 5.74) is 14.3. The number of nitrogens with two attached hydrogens (primary N) is 2. The van der Waals surface area contributed by atoms with Crippen LogP contribution in [0.25, 0.3) is 6.08 Å². The molecule has 0 saturated carbocycles. The maximum atomic E-state index is 12.2. The largest absolute Gasteiger partial charge is 0.494 e. The molecule has 9 heteroatoms. The lowest BCUT2D eigenvalue weighted by Crippen LogP contribution is -2.07. The number of aromatic carboxylic acids is 1. The summed E-state index contributed by atoms with van der Waals surface area (Å²) in [5.74, 6) is -0.179. The lowest BCUT2D eigenvalue weighted by atomic mass is 9.98. The Bertz CT molecular complexity index is 1470. The highest BCUT2D eigenvalue weighted by atomic mass is 16.5. The zero-order valence-electron chi connectivity index (χ0n) is 28.1. The van der Waals surface area contributed by atoms with Crippen LogP contribution in [0.15, 0.2) is 66.7 Å². The van der Waals surface area contributed by atoms with E-state index in [-0.39, 0.29) is 11.5 Å². The molecule has 0 saturated heterocycles. The molecule has 0 aliphatic rings. The van der Waals surface area contributed by atoms with Crippen LogP contribution in [-0.4, -0.2) is 29.6 Å². The van der Waals surface area contributed by atoms with E-state index in [1.165, 1.54) is 37.8 Å². The fourth-order valence-electron chi connectivity index (χ4n) is 5.29. The second-order valence-corrected chi connectivity index (χ2v) is 11.9. The topological polar surface area (TPSA) is 151 Å². The van der Waals surface area contributed by atoms with E-state index in [0.717, 1.165) is 62.7 Å². The van der Waals surface area contributed by atoms with Crippen LogP contribution in [0.4, 0.5) is 11.4 Å². The first kappa shape index (κ1) is 37.7. The minimum Gasteiger partial charge on any atom is -0.494 e. The number of benzene rings is 3. The van der Waals surface area contributed by atoms with Crippen molar-refractivity contribution in [3.8, 4) is 17.2 Å². The Labute approximate surface area is 284 Å². The van der Waals surface area contributed by atoms with E-state index < -0.39 is 11.9 Å². The average Bonchev–Trinajstić information content (AvgIpc) is 3.06. The molecule has 0 radical (unpaired) electrons. The number of carbonyl (C=O) groups excluding carboxylic acids is 2. The van der Waals surface area contributed by atoms with Crippen molar-refractivity contribution in [2.45, 2.75) is 96.8 Å². The predicted octanol–water partition coefficient (Wildman–Crippen LogP) is 8.79. The van der Waals surface area contributed by atoms with Gasteiger partial charge >= 0.3 is 17.9 Å². The van der Waals surface area contributed by atoms with E-state index in [9.17, 15) is 19.5 Å². The van der Waals surface area contributed by atoms with Gasteiger partial charge in [-0.05, 0) is 91.4 Å². The second kappa shape index (κ2) is 21.2. The zero-order valence-corrected chi connectivity index (χ0v) is 28.1. The molecule has 9 nitrogen and oxygen atoms in total. The highest BCUT2D eigenvalue weighted by molar-refractivity contribution is 5.92. The third kappa shape index (κ3) is 14.3. The third-order valence-corrected chi connectivity index (χ3v) is 7.93. The molecule has 0 atom stereocenters. The zero-order chi connectivity index (χ0) is 34.6. The summed E-state index contributed by atoms with van der Waals surface area (Å²) in [6.07, 6.45) is 16.8. The van der Waals surface area contributed by atoms with E-state index in [1.54, 1.807) is 36.4 Å². The van der Waals surface area contributed by atoms with Gasteiger partial charge in [-0.25, -0.2) is 9.59 Å². The van der Waals surface area contributed by atoms with Crippen LogP contribution in [0.2, 0.25) is 0 Å². The molecule has 0 fully saturated rings. The Balaban J connectivity index is 1.21. The molecular formula is C39H50N2O7. The molecule has 0 heterocycles. The minimum absolute atomic E-state index is 0.209. The number of anilines is 2. The Morgan fingerprint density at radius 3 is 1.92 bits per heavy atom. The molecule has 5 N–H and O–H groups in total. The highest BCUT2D eigenvalue weighted by Crippen LogP contribution is 2.24. The van der Waals surface area contributed by atoms with Crippen molar-refractivity contribution < 1.29 is 33.7 Å². The summed E-state index contributed by atoms with van der Waals surface area (Å²) in [4.78, 5) is 35.6. The van der Waals surface area contributed by atoms with Gasteiger partial charge in [0.25, 0.3) is 0 Å². The molecular weight excluding hydrogens is 608 g/mol. The summed E-state index contributed by atoms with van der Waals surface area (Å²) >= 11 is 0. The number of carboxylic acids is 1. The van der Waals surface area contributed by atoms with Crippen molar-refractivity contribution in [1.82, 2.24) is 0 Å². The smallest absolute Gasteiger partial charge is 0.336 e. The molecule has 0 bridgehead atoms. The molecule has 0 spiro atoms. The number of esters is 2. The van der Waals surface area contributed by atoms with Crippen LogP contribution in [0.3, 0.4) is 0 Å². The number of rotatable bonds is 22. The fraction of sp³-hybridized carbons (Fsp3) is 0.410. The number of unbranched alkanes of at least 4 members (excludes halogenated alkanes) is 10. The molecule has 0 aromatic heterocycles. The first-order chi connectivity index (χ1) is 23.2. The SMILES string of the molecule is CCCCCC(=O)Oc1ccc(OC(=O)/C=C/c2ccc(OCCCCCCCCCCCc3c(N)cc(N)cc3C(=O)O)cc2)cc1. The number of hydrogen-bond donors (Lipinski definition) is 3. The monoisotopic (exact) mass is 658 g/mol. The standard InChI is InChI=1S/C39H50N2O7/c1-2-3-11-15-37(42)47-32-21-23-33(24-22-32)48-38(43)25-18-29-16-19-31(20-17-29)46-26-13-10-8-6-4-5-7-9-12-14-34-35(39(44)45)27-30(40)28-36(34)41/h16-25,27-28H,2-15,26,40-41H2,1H3,(H,44,45)/b25-18+. The molecule has 0 aliphatic heterocycles. The van der Waals surface area contributed by atoms with Gasteiger partial charge in [0.2, 0.25) is 0 Å². The normalized spacial score (nSPS) is 11.0. The molecule has 48 heavy (non-hydrogen) atoms. The summed E-state index contributed by atoms with van der Waals surface area (Å²) in [5, 5.41) is 9.42. The first-order valence-electron chi connectivity index (χ1n) is 17.1. The van der Waals surface area contributed by atoms with Gasteiger partial charge in [-0.3, -0.25) is 4.79 Å². The maximum Gasteiger partial charge on any atom is 0.336 e. The number of ether oxygens (including phenoxy) is 3. The summed E-state index contributed by atoms with van der Waals surface area (Å²) < 4.78 is 16.5. The lowest BCUT2D eigenvalue weighted by Gasteiger charge is -2.11. The van der Waals surface area contributed by atoms with E-state index in [4.69, 9.17) is 25.7 Å². The molecule has 3 aromatic carbocycles. The predicted molar refractivity (Wildman–Crippen MR) is 190 cm³/mol. The maximum absolute atomic E-state index is 12.2. The number of carboxylic acid groups (broad SMARTS) is 1.